The first-order valence-electron chi connectivity index (χ1n) is 27.8. The summed E-state index contributed by atoms with van der Waals surface area (Å²) in [6, 6.07) is 0. The van der Waals surface area contributed by atoms with Crippen LogP contribution >= 0.6 is 0 Å². The van der Waals surface area contributed by atoms with Crippen LogP contribution in [-0.4, -0.2) is 37.2 Å². The van der Waals surface area contributed by atoms with Crippen molar-refractivity contribution in [3.8, 4) is 0 Å². The molecule has 0 rings (SSSR count). The van der Waals surface area contributed by atoms with E-state index < -0.39 is 6.10 Å². The van der Waals surface area contributed by atoms with Gasteiger partial charge in [-0.1, -0.05) is 238 Å². The maximum absolute atomic E-state index is 12.7. The number of rotatable bonds is 51. The van der Waals surface area contributed by atoms with Crippen LogP contribution in [0.2, 0.25) is 0 Å². The topological polar surface area (TPSA) is 78.9 Å². The van der Waals surface area contributed by atoms with Crippen LogP contribution in [-0.2, 0) is 28.6 Å². The molecule has 370 valence electrons. The van der Waals surface area contributed by atoms with Crippen LogP contribution in [0, 0.1) is 0 Å². The van der Waals surface area contributed by atoms with Gasteiger partial charge >= 0.3 is 17.9 Å². The Kier molecular flexibility index (Phi) is 50.8. The molecule has 0 aromatic rings. The fourth-order valence-corrected chi connectivity index (χ4v) is 8.20. The third-order valence-corrected chi connectivity index (χ3v) is 12.4. The van der Waals surface area contributed by atoms with E-state index in [1.54, 1.807) is 0 Å². The molecular formula is C57H106O6. The Morgan fingerprint density at radius 1 is 0.302 bits per heavy atom. The van der Waals surface area contributed by atoms with Gasteiger partial charge in [0.15, 0.2) is 6.10 Å². The van der Waals surface area contributed by atoms with Gasteiger partial charge in [-0.3, -0.25) is 14.4 Å². The molecule has 1 atom stereocenters. The maximum atomic E-state index is 12.7. The minimum atomic E-state index is -0.767. The lowest BCUT2D eigenvalue weighted by Gasteiger charge is -2.18. The predicted molar refractivity (Wildman–Crippen MR) is 270 cm³/mol. The van der Waals surface area contributed by atoms with Crippen LogP contribution in [0.25, 0.3) is 0 Å². The lowest BCUT2D eigenvalue weighted by Crippen LogP contribution is -2.30. The minimum Gasteiger partial charge on any atom is -0.462 e. The fourth-order valence-electron chi connectivity index (χ4n) is 8.20. The Bertz CT molecular complexity index is 1020. The van der Waals surface area contributed by atoms with Gasteiger partial charge < -0.3 is 14.2 Å². The highest BCUT2D eigenvalue weighted by molar-refractivity contribution is 5.71. The molecule has 6 nitrogen and oxygen atoms in total. The zero-order chi connectivity index (χ0) is 45.8. The van der Waals surface area contributed by atoms with Crippen molar-refractivity contribution in [1.82, 2.24) is 0 Å². The van der Waals surface area contributed by atoms with Crippen LogP contribution in [0.3, 0.4) is 0 Å². The summed E-state index contributed by atoms with van der Waals surface area (Å²) in [5.41, 5.74) is 0. The standard InChI is InChI=1S/C57H106O6/c1-4-7-10-13-15-17-19-21-23-25-26-27-28-29-30-32-33-35-37-39-41-44-47-50-56(59)62-53-54(52-61-55(58)49-46-43-12-9-6-3)63-57(60)51-48-45-42-40-38-36-34-31-24-22-20-18-16-14-11-8-5-2/h22,24-26,54H,4-21,23,27-53H2,1-3H3/b24-22-,26-25-. The second-order valence-corrected chi connectivity index (χ2v) is 18.8. The molecule has 0 aliphatic heterocycles. The average Bonchev–Trinajstić information content (AvgIpc) is 3.28. The third-order valence-electron chi connectivity index (χ3n) is 12.4. The number of hydrogen-bond donors (Lipinski definition) is 0. The number of esters is 3. The number of carbonyl (C=O) groups excluding carboxylic acids is 3. The molecule has 6 heteroatoms. The van der Waals surface area contributed by atoms with Crippen molar-refractivity contribution < 1.29 is 28.6 Å². The smallest absolute Gasteiger partial charge is 0.306 e. The van der Waals surface area contributed by atoms with Crippen LogP contribution < -0.4 is 0 Å². The van der Waals surface area contributed by atoms with Gasteiger partial charge in [0.25, 0.3) is 0 Å². The van der Waals surface area contributed by atoms with E-state index in [-0.39, 0.29) is 31.1 Å². The van der Waals surface area contributed by atoms with Crippen LogP contribution in [0.15, 0.2) is 24.3 Å². The second-order valence-electron chi connectivity index (χ2n) is 18.8. The van der Waals surface area contributed by atoms with E-state index in [9.17, 15) is 14.4 Å². The van der Waals surface area contributed by atoms with Crippen LogP contribution in [0.4, 0.5) is 0 Å². The Hall–Kier alpha value is -2.11. The molecule has 0 aromatic carbocycles. The lowest BCUT2D eigenvalue weighted by molar-refractivity contribution is -0.167. The molecule has 0 aromatic heterocycles. The van der Waals surface area contributed by atoms with Gasteiger partial charge in [-0.2, -0.15) is 0 Å². The van der Waals surface area contributed by atoms with Gasteiger partial charge in [-0.15, -0.1) is 0 Å². The summed E-state index contributed by atoms with van der Waals surface area (Å²) < 4.78 is 16.7. The van der Waals surface area contributed by atoms with Crippen molar-refractivity contribution in [1.29, 1.82) is 0 Å². The molecule has 0 N–H and O–H groups in total. The van der Waals surface area contributed by atoms with E-state index in [0.717, 1.165) is 64.2 Å². The summed E-state index contributed by atoms with van der Waals surface area (Å²) in [5, 5.41) is 0. The summed E-state index contributed by atoms with van der Waals surface area (Å²) in [5.74, 6) is -0.876. The summed E-state index contributed by atoms with van der Waals surface area (Å²) in [7, 11) is 0. The molecule has 0 aliphatic rings. The van der Waals surface area contributed by atoms with Gasteiger partial charge in [-0.05, 0) is 70.6 Å². The number of unbranched alkanes of at least 4 members (excludes halogenated alkanes) is 36. The van der Waals surface area contributed by atoms with Gasteiger partial charge in [0, 0.05) is 19.3 Å². The first-order valence-corrected chi connectivity index (χ1v) is 27.8. The summed E-state index contributed by atoms with van der Waals surface area (Å²) >= 11 is 0. The first-order chi connectivity index (χ1) is 31.0. The highest BCUT2D eigenvalue weighted by Gasteiger charge is 2.19. The lowest BCUT2D eigenvalue weighted by atomic mass is 10.0. The van der Waals surface area contributed by atoms with E-state index in [1.807, 2.05) is 0 Å². The molecule has 1 unspecified atom stereocenters. The SMILES string of the molecule is CCCCCCCC/C=C\CCCCCCCCCC(=O)OC(COC(=O)CCCCCCC)COC(=O)CCCCCCCCCCCCC/C=C\CCCCCCCCCC. The highest BCUT2D eigenvalue weighted by Crippen LogP contribution is 2.16. The average molecular weight is 887 g/mol. The van der Waals surface area contributed by atoms with Gasteiger partial charge in [0.2, 0.25) is 0 Å². The Labute approximate surface area is 392 Å². The monoisotopic (exact) mass is 887 g/mol. The number of ether oxygens (including phenoxy) is 3. The minimum absolute atomic E-state index is 0.0708. The largest absolute Gasteiger partial charge is 0.462 e. The normalized spacial score (nSPS) is 12.1. The zero-order valence-electron chi connectivity index (χ0n) is 42.4. The Balaban J connectivity index is 4.07. The molecule has 0 fully saturated rings. The van der Waals surface area contributed by atoms with Crippen molar-refractivity contribution in [2.45, 2.75) is 309 Å². The first kappa shape index (κ1) is 60.9. The molecule has 0 saturated heterocycles. The Morgan fingerprint density at radius 2 is 0.524 bits per heavy atom. The van der Waals surface area contributed by atoms with Crippen molar-refractivity contribution in [2.75, 3.05) is 13.2 Å². The quantitative estimate of drug-likeness (QED) is 0.0262. The molecule has 0 saturated carbocycles. The fraction of sp³-hybridized carbons (Fsp3) is 0.877. The molecule has 0 aliphatic carbocycles. The molecule has 0 bridgehead atoms. The third kappa shape index (κ3) is 50.7. The predicted octanol–water partition coefficient (Wildman–Crippen LogP) is 18.3. The van der Waals surface area contributed by atoms with Gasteiger partial charge in [0.1, 0.15) is 13.2 Å². The summed E-state index contributed by atoms with van der Waals surface area (Å²) in [4.78, 5) is 37.7. The molecule has 0 spiro atoms. The second kappa shape index (κ2) is 52.5. The van der Waals surface area contributed by atoms with E-state index in [2.05, 4.69) is 45.1 Å². The molecule has 0 heterocycles. The summed E-state index contributed by atoms with van der Waals surface area (Å²) in [6.45, 7) is 6.58. The van der Waals surface area contributed by atoms with Gasteiger partial charge in [-0.25, -0.2) is 0 Å². The van der Waals surface area contributed by atoms with E-state index in [1.165, 1.54) is 199 Å². The van der Waals surface area contributed by atoms with Gasteiger partial charge in [0.05, 0.1) is 0 Å². The maximum Gasteiger partial charge on any atom is 0.306 e. The number of hydrogen-bond acceptors (Lipinski definition) is 6. The molecular weight excluding hydrogens is 781 g/mol. The van der Waals surface area contributed by atoms with E-state index in [0.29, 0.717) is 19.3 Å². The number of carbonyl (C=O) groups is 3. The zero-order valence-corrected chi connectivity index (χ0v) is 42.4. The highest BCUT2D eigenvalue weighted by atomic mass is 16.6. The molecule has 0 radical (unpaired) electrons. The van der Waals surface area contributed by atoms with Crippen LogP contribution in [0.1, 0.15) is 303 Å². The van der Waals surface area contributed by atoms with E-state index >= 15 is 0 Å². The van der Waals surface area contributed by atoms with Crippen molar-refractivity contribution in [2.24, 2.45) is 0 Å². The van der Waals surface area contributed by atoms with Crippen LogP contribution in [0.5, 0.6) is 0 Å². The van der Waals surface area contributed by atoms with Crippen molar-refractivity contribution in [3.63, 3.8) is 0 Å². The molecule has 63 heavy (non-hydrogen) atoms. The Morgan fingerprint density at radius 3 is 0.794 bits per heavy atom. The van der Waals surface area contributed by atoms with Crippen molar-refractivity contribution >= 4 is 17.9 Å². The molecule has 0 amide bonds. The summed E-state index contributed by atoms with van der Waals surface area (Å²) in [6.07, 6.45) is 60.7. The number of allylic oxidation sites excluding steroid dienone is 4. The van der Waals surface area contributed by atoms with Crippen molar-refractivity contribution in [3.05, 3.63) is 24.3 Å². The van der Waals surface area contributed by atoms with E-state index in [4.69, 9.17) is 14.2 Å².